The van der Waals surface area contributed by atoms with Crippen LogP contribution in [0.3, 0.4) is 0 Å². The smallest absolute Gasteiger partial charge is 0.308 e. The highest BCUT2D eigenvalue weighted by Crippen LogP contribution is 1.98. The van der Waals surface area contributed by atoms with Crippen LogP contribution in [0.4, 0.5) is 0 Å². The van der Waals surface area contributed by atoms with Crippen molar-refractivity contribution < 1.29 is 14.6 Å². The third-order valence-corrected chi connectivity index (χ3v) is 2.07. The van der Waals surface area contributed by atoms with Gasteiger partial charge in [-0.3, -0.25) is 4.79 Å². The highest BCUT2D eigenvalue weighted by molar-refractivity contribution is 5.69. The van der Waals surface area contributed by atoms with E-state index in [1.807, 2.05) is 13.8 Å². The van der Waals surface area contributed by atoms with Crippen LogP contribution in [0.1, 0.15) is 27.2 Å². The zero-order valence-corrected chi connectivity index (χ0v) is 9.32. The maximum Gasteiger partial charge on any atom is 0.308 e. The van der Waals surface area contributed by atoms with Crippen molar-refractivity contribution in [3.63, 3.8) is 0 Å². The molecule has 0 radical (unpaired) electrons. The lowest BCUT2D eigenvalue weighted by Gasteiger charge is -2.21. The predicted molar refractivity (Wildman–Crippen MR) is 55.0 cm³/mol. The van der Waals surface area contributed by atoms with Crippen LogP contribution in [0, 0.1) is 0 Å². The Labute approximate surface area is 85.9 Å². The summed E-state index contributed by atoms with van der Waals surface area (Å²) in [7, 11) is 0. The van der Waals surface area contributed by atoms with Gasteiger partial charge < -0.3 is 14.7 Å². The average Bonchev–Trinajstić information content (AvgIpc) is 2.14. The van der Waals surface area contributed by atoms with Gasteiger partial charge in [0.05, 0.1) is 19.1 Å². The highest BCUT2D eigenvalue weighted by Gasteiger charge is 2.13. The van der Waals surface area contributed by atoms with Gasteiger partial charge in [-0.2, -0.15) is 0 Å². The molecule has 0 aromatic carbocycles. The van der Waals surface area contributed by atoms with Gasteiger partial charge >= 0.3 is 5.97 Å². The van der Waals surface area contributed by atoms with E-state index in [0.29, 0.717) is 13.2 Å². The molecular formula is C10H21NO3. The Morgan fingerprint density at radius 1 is 1.36 bits per heavy atom. The third-order valence-electron chi connectivity index (χ3n) is 2.07. The Balaban J connectivity index is 3.72. The first kappa shape index (κ1) is 13.4. The molecule has 1 unspecified atom stereocenters. The lowest BCUT2D eigenvalue weighted by atomic mass is 10.2. The molecule has 0 saturated heterocycles. The van der Waals surface area contributed by atoms with Crippen LogP contribution in [-0.2, 0) is 9.53 Å². The lowest BCUT2D eigenvalue weighted by Crippen LogP contribution is -2.33. The Morgan fingerprint density at radius 3 is 2.36 bits per heavy atom. The summed E-state index contributed by atoms with van der Waals surface area (Å²) in [5.74, 6) is -0.327. The third kappa shape index (κ3) is 5.94. The Bertz CT molecular complexity index is 157. The molecule has 0 aromatic heterocycles. The van der Waals surface area contributed by atoms with Gasteiger partial charge in [0.15, 0.2) is 0 Å². The van der Waals surface area contributed by atoms with Crippen molar-refractivity contribution in [3.8, 4) is 0 Å². The maximum atomic E-state index is 11.0. The molecule has 14 heavy (non-hydrogen) atoms. The minimum atomic E-state index is -0.617. The van der Waals surface area contributed by atoms with Crippen molar-refractivity contribution in [1.82, 2.24) is 4.90 Å². The van der Waals surface area contributed by atoms with Gasteiger partial charge in [-0.1, -0.05) is 13.8 Å². The number of likely N-dealkylation sites (N-methyl/N-ethyl adjacent to an activating group) is 1. The summed E-state index contributed by atoms with van der Waals surface area (Å²) in [6, 6.07) is 0. The quantitative estimate of drug-likeness (QED) is 0.617. The van der Waals surface area contributed by atoms with Gasteiger partial charge in [0.1, 0.15) is 0 Å². The average molecular weight is 203 g/mol. The lowest BCUT2D eigenvalue weighted by molar-refractivity contribution is -0.145. The number of ether oxygens (including phenoxy) is 1. The van der Waals surface area contributed by atoms with Crippen molar-refractivity contribution in [3.05, 3.63) is 0 Å². The van der Waals surface area contributed by atoms with E-state index in [-0.39, 0.29) is 12.4 Å². The zero-order valence-electron chi connectivity index (χ0n) is 9.32. The van der Waals surface area contributed by atoms with E-state index >= 15 is 0 Å². The van der Waals surface area contributed by atoms with Gasteiger partial charge in [0.25, 0.3) is 0 Å². The monoisotopic (exact) mass is 203 g/mol. The molecule has 4 heteroatoms. The van der Waals surface area contributed by atoms with Crippen LogP contribution in [0.15, 0.2) is 0 Å². The molecule has 1 atom stereocenters. The summed E-state index contributed by atoms with van der Waals surface area (Å²) in [5, 5.41) is 9.54. The molecule has 0 aliphatic rings. The van der Waals surface area contributed by atoms with Crippen LogP contribution in [-0.4, -0.2) is 48.3 Å². The number of nitrogens with zero attached hydrogens (tertiary/aromatic N) is 1. The fraction of sp³-hybridized carbons (Fsp3) is 0.900. The van der Waals surface area contributed by atoms with Crippen molar-refractivity contribution >= 4 is 5.97 Å². The predicted octanol–water partition coefficient (Wildman–Crippen LogP) is 0.642. The molecular weight excluding hydrogens is 182 g/mol. The van der Waals surface area contributed by atoms with E-state index in [0.717, 1.165) is 13.1 Å². The molecule has 4 nitrogen and oxygen atoms in total. The van der Waals surface area contributed by atoms with Gasteiger partial charge in [-0.25, -0.2) is 0 Å². The number of carbonyl (C=O) groups is 1. The molecule has 84 valence electrons. The van der Waals surface area contributed by atoms with Gasteiger partial charge in [-0.15, -0.1) is 0 Å². The molecule has 0 aliphatic heterocycles. The van der Waals surface area contributed by atoms with E-state index < -0.39 is 6.10 Å². The summed E-state index contributed by atoms with van der Waals surface area (Å²) < 4.78 is 4.74. The molecule has 0 amide bonds. The van der Waals surface area contributed by atoms with E-state index in [9.17, 15) is 9.90 Å². The fourth-order valence-corrected chi connectivity index (χ4v) is 1.26. The minimum Gasteiger partial charge on any atom is -0.466 e. The van der Waals surface area contributed by atoms with E-state index in [1.165, 1.54) is 0 Å². The zero-order chi connectivity index (χ0) is 11.0. The molecule has 0 saturated carbocycles. The molecule has 0 aromatic rings. The van der Waals surface area contributed by atoms with Crippen LogP contribution in [0.25, 0.3) is 0 Å². The highest BCUT2D eigenvalue weighted by atomic mass is 16.5. The SMILES string of the molecule is CCOC(=O)CC(O)CN(CC)CC. The Kier molecular flexibility index (Phi) is 7.42. The normalized spacial score (nSPS) is 12.9. The second-order valence-electron chi connectivity index (χ2n) is 3.15. The summed E-state index contributed by atoms with van der Waals surface area (Å²) in [6.07, 6.45) is -0.529. The first-order valence-corrected chi connectivity index (χ1v) is 5.20. The number of rotatable bonds is 7. The van der Waals surface area contributed by atoms with Gasteiger partial charge in [0.2, 0.25) is 0 Å². The van der Waals surface area contributed by atoms with E-state index in [4.69, 9.17) is 4.74 Å². The largest absolute Gasteiger partial charge is 0.466 e. The van der Waals surface area contributed by atoms with Crippen molar-refractivity contribution in [1.29, 1.82) is 0 Å². The molecule has 1 N–H and O–H groups in total. The van der Waals surface area contributed by atoms with Crippen LogP contribution in [0.2, 0.25) is 0 Å². The summed E-state index contributed by atoms with van der Waals surface area (Å²) >= 11 is 0. The topological polar surface area (TPSA) is 49.8 Å². The maximum absolute atomic E-state index is 11.0. The Morgan fingerprint density at radius 2 is 1.93 bits per heavy atom. The van der Waals surface area contributed by atoms with Gasteiger partial charge in [0, 0.05) is 6.54 Å². The molecule has 0 fully saturated rings. The van der Waals surface area contributed by atoms with Crippen LogP contribution >= 0.6 is 0 Å². The number of aliphatic hydroxyl groups excluding tert-OH is 1. The molecule has 0 heterocycles. The van der Waals surface area contributed by atoms with Crippen molar-refractivity contribution in [2.45, 2.75) is 33.3 Å². The molecule has 0 bridgehead atoms. The number of aliphatic hydroxyl groups is 1. The van der Waals surface area contributed by atoms with Crippen LogP contribution < -0.4 is 0 Å². The van der Waals surface area contributed by atoms with E-state index in [2.05, 4.69) is 4.90 Å². The number of esters is 1. The standard InChI is InChI=1S/C10H21NO3/c1-4-11(5-2)8-9(12)7-10(13)14-6-3/h9,12H,4-8H2,1-3H3. The van der Waals surface area contributed by atoms with E-state index in [1.54, 1.807) is 6.92 Å². The second kappa shape index (κ2) is 7.76. The summed E-state index contributed by atoms with van der Waals surface area (Å²) in [5.41, 5.74) is 0. The number of hydrogen-bond donors (Lipinski definition) is 1. The number of carbonyl (C=O) groups excluding carboxylic acids is 1. The second-order valence-corrected chi connectivity index (χ2v) is 3.15. The fourth-order valence-electron chi connectivity index (χ4n) is 1.26. The number of hydrogen-bond acceptors (Lipinski definition) is 4. The molecule has 0 aliphatic carbocycles. The first-order valence-electron chi connectivity index (χ1n) is 5.20. The molecule has 0 spiro atoms. The van der Waals surface area contributed by atoms with Crippen molar-refractivity contribution in [2.75, 3.05) is 26.2 Å². The van der Waals surface area contributed by atoms with Crippen molar-refractivity contribution in [2.24, 2.45) is 0 Å². The molecule has 0 rings (SSSR count). The summed E-state index contributed by atoms with van der Waals surface area (Å²) in [6.45, 7) is 8.49. The van der Waals surface area contributed by atoms with Crippen LogP contribution in [0.5, 0.6) is 0 Å². The Hall–Kier alpha value is -0.610. The summed E-state index contributed by atoms with van der Waals surface area (Å²) in [4.78, 5) is 13.1. The first-order chi connectivity index (χ1) is 6.63. The van der Waals surface area contributed by atoms with Gasteiger partial charge in [-0.05, 0) is 20.0 Å². The minimum absolute atomic E-state index is 0.0876.